The molecule has 0 unspecified atom stereocenters. The van der Waals surface area contributed by atoms with Crippen molar-refractivity contribution in [1.29, 1.82) is 0 Å². The summed E-state index contributed by atoms with van der Waals surface area (Å²) < 4.78 is 0. The average Bonchev–Trinajstić information content (AvgIpc) is 2.70. The number of thiazole rings is 1. The lowest BCUT2D eigenvalue weighted by molar-refractivity contribution is 0.374. The molecule has 0 amide bonds. The van der Waals surface area contributed by atoms with E-state index in [-0.39, 0.29) is 0 Å². The van der Waals surface area contributed by atoms with Crippen molar-refractivity contribution in [3.05, 3.63) is 10.6 Å². The fourth-order valence-electron chi connectivity index (χ4n) is 2.50. The lowest BCUT2D eigenvalue weighted by Crippen LogP contribution is -2.37. The van der Waals surface area contributed by atoms with E-state index in [1.54, 1.807) is 0 Å². The monoisotopic (exact) mass is 281 g/mol. The van der Waals surface area contributed by atoms with Gasteiger partial charge in [-0.3, -0.25) is 0 Å². The largest absolute Gasteiger partial charge is 0.348 e. The summed E-state index contributed by atoms with van der Waals surface area (Å²) in [5, 5.41) is 4.82. The standard InChI is InChI=1S/C15H27N3S/c1-11(2)9-16-10-14-5-7-18(8-6-14)15-17-12(3)13(4)19-15/h11,14,16H,5-10H2,1-4H3. The predicted octanol–water partition coefficient (Wildman–Crippen LogP) is 3.22. The molecule has 2 rings (SSSR count). The first-order chi connectivity index (χ1) is 9.06. The van der Waals surface area contributed by atoms with Gasteiger partial charge in [-0.25, -0.2) is 4.98 Å². The molecule has 3 nitrogen and oxygen atoms in total. The highest BCUT2D eigenvalue weighted by atomic mass is 32.1. The maximum Gasteiger partial charge on any atom is 0.185 e. The van der Waals surface area contributed by atoms with Crippen molar-refractivity contribution in [2.24, 2.45) is 11.8 Å². The van der Waals surface area contributed by atoms with Crippen LogP contribution >= 0.6 is 11.3 Å². The highest BCUT2D eigenvalue weighted by Crippen LogP contribution is 2.28. The van der Waals surface area contributed by atoms with Crippen LogP contribution in [0.15, 0.2) is 0 Å². The smallest absolute Gasteiger partial charge is 0.185 e. The lowest BCUT2D eigenvalue weighted by atomic mass is 9.97. The number of nitrogens with zero attached hydrogens (tertiary/aromatic N) is 2. The van der Waals surface area contributed by atoms with Crippen molar-refractivity contribution in [1.82, 2.24) is 10.3 Å². The van der Waals surface area contributed by atoms with Crippen molar-refractivity contribution in [3.63, 3.8) is 0 Å². The van der Waals surface area contributed by atoms with Gasteiger partial charge >= 0.3 is 0 Å². The van der Waals surface area contributed by atoms with Crippen molar-refractivity contribution in [2.45, 2.75) is 40.5 Å². The maximum absolute atomic E-state index is 4.67. The van der Waals surface area contributed by atoms with Crippen LogP contribution in [0, 0.1) is 25.7 Å². The van der Waals surface area contributed by atoms with Gasteiger partial charge in [0.05, 0.1) is 5.69 Å². The quantitative estimate of drug-likeness (QED) is 0.898. The summed E-state index contributed by atoms with van der Waals surface area (Å²) in [7, 11) is 0. The molecule has 0 spiro atoms. The third-order valence-electron chi connectivity index (χ3n) is 3.89. The fraction of sp³-hybridized carbons (Fsp3) is 0.800. The summed E-state index contributed by atoms with van der Waals surface area (Å²) >= 11 is 1.84. The Balaban J connectivity index is 1.76. The first-order valence-corrected chi connectivity index (χ1v) is 8.27. The van der Waals surface area contributed by atoms with Crippen molar-refractivity contribution in [2.75, 3.05) is 31.1 Å². The van der Waals surface area contributed by atoms with Crippen molar-refractivity contribution < 1.29 is 0 Å². The van der Waals surface area contributed by atoms with Gasteiger partial charge in [-0.05, 0) is 51.6 Å². The highest BCUT2D eigenvalue weighted by Gasteiger charge is 2.21. The van der Waals surface area contributed by atoms with Gasteiger partial charge in [0.15, 0.2) is 5.13 Å². The van der Waals surface area contributed by atoms with E-state index in [1.807, 2.05) is 11.3 Å². The van der Waals surface area contributed by atoms with E-state index >= 15 is 0 Å². The fourth-order valence-corrected chi connectivity index (χ4v) is 3.46. The molecule has 0 bridgehead atoms. The van der Waals surface area contributed by atoms with Crippen LogP contribution in [0.5, 0.6) is 0 Å². The van der Waals surface area contributed by atoms with Crippen LogP contribution < -0.4 is 10.2 Å². The Kier molecular flexibility index (Phi) is 5.22. The number of hydrogen-bond donors (Lipinski definition) is 1. The van der Waals surface area contributed by atoms with Crippen molar-refractivity contribution in [3.8, 4) is 0 Å². The van der Waals surface area contributed by atoms with Gasteiger partial charge in [0, 0.05) is 18.0 Å². The van der Waals surface area contributed by atoms with Gasteiger partial charge in [-0.1, -0.05) is 13.8 Å². The molecule has 19 heavy (non-hydrogen) atoms. The number of anilines is 1. The third-order valence-corrected chi connectivity index (χ3v) is 5.02. The molecule has 0 radical (unpaired) electrons. The summed E-state index contributed by atoms with van der Waals surface area (Å²) in [6.45, 7) is 13.5. The number of nitrogens with one attached hydrogen (secondary N) is 1. The van der Waals surface area contributed by atoms with Gasteiger partial charge in [0.25, 0.3) is 0 Å². The van der Waals surface area contributed by atoms with E-state index in [4.69, 9.17) is 0 Å². The topological polar surface area (TPSA) is 28.2 Å². The first-order valence-electron chi connectivity index (χ1n) is 7.46. The molecule has 1 N–H and O–H groups in total. The Morgan fingerprint density at radius 1 is 1.32 bits per heavy atom. The summed E-state index contributed by atoms with van der Waals surface area (Å²) in [5.74, 6) is 1.60. The SMILES string of the molecule is Cc1nc(N2CCC(CNCC(C)C)CC2)sc1C. The summed E-state index contributed by atoms with van der Waals surface area (Å²) in [5.41, 5.74) is 1.20. The van der Waals surface area contributed by atoms with Gasteiger partial charge in [-0.2, -0.15) is 0 Å². The third kappa shape index (κ3) is 4.18. The second kappa shape index (κ2) is 6.71. The highest BCUT2D eigenvalue weighted by molar-refractivity contribution is 7.15. The van der Waals surface area contributed by atoms with Gasteiger partial charge in [0.2, 0.25) is 0 Å². The van der Waals surface area contributed by atoms with E-state index in [0.29, 0.717) is 0 Å². The summed E-state index contributed by atoms with van der Waals surface area (Å²) in [6, 6.07) is 0. The first kappa shape index (κ1) is 14.8. The molecule has 1 saturated heterocycles. The minimum absolute atomic E-state index is 0.751. The number of piperidine rings is 1. The van der Waals surface area contributed by atoms with E-state index in [9.17, 15) is 0 Å². The molecule has 1 aromatic heterocycles. The molecular weight excluding hydrogens is 254 g/mol. The summed E-state index contributed by atoms with van der Waals surface area (Å²) in [6.07, 6.45) is 2.59. The second-order valence-electron chi connectivity index (χ2n) is 6.12. The molecule has 0 saturated carbocycles. The predicted molar refractivity (Wildman–Crippen MR) is 84.2 cm³/mol. The van der Waals surface area contributed by atoms with Gasteiger partial charge in [0.1, 0.15) is 0 Å². The molecule has 4 heteroatoms. The lowest BCUT2D eigenvalue weighted by Gasteiger charge is -2.32. The Morgan fingerprint density at radius 3 is 2.53 bits per heavy atom. The van der Waals surface area contributed by atoms with Gasteiger partial charge in [-0.15, -0.1) is 11.3 Å². The van der Waals surface area contributed by atoms with Crippen LogP contribution in [-0.4, -0.2) is 31.2 Å². The van der Waals surface area contributed by atoms with Crippen LogP contribution in [-0.2, 0) is 0 Å². The van der Waals surface area contributed by atoms with Crippen molar-refractivity contribution >= 4 is 16.5 Å². The Labute approximate surface area is 121 Å². The number of rotatable bonds is 5. The van der Waals surface area contributed by atoms with Crippen LogP contribution in [0.2, 0.25) is 0 Å². The Bertz CT molecular complexity index is 373. The molecule has 2 heterocycles. The molecule has 1 aromatic rings. The molecular formula is C15H27N3S. The average molecular weight is 281 g/mol. The number of aromatic nitrogens is 1. The van der Waals surface area contributed by atoms with E-state index in [2.05, 4.69) is 42.9 Å². The van der Waals surface area contributed by atoms with Crippen LogP contribution in [0.1, 0.15) is 37.3 Å². The molecule has 108 valence electrons. The summed E-state index contributed by atoms with van der Waals surface area (Å²) in [4.78, 5) is 8.49. The maximum atomic E-state index is 4.67. The van der Waals surface area contributed by atoms with E-state index in [1.165, 1.54) is 48.2 Å². The van der Waals surface area contributed by atoms with Gasteiger partial charge < -0.3 is 10.2 Å². The molecule has 1 aliphatic rings. The minimum Gasteiger partial charge on any atom is -0.348 e. The second-order valence-corrected chi connectivity index (χ2v) is 7.30. The number of hydrogen-bond acceptors (Lipinski definition) is 4. The zero-order valence-corrected chi connectivity index (χ0v) is 13.5. The zero-order chi connectivity index (χ0) is 13.8. The minimum atomic E-state index is 0.751. The Hall–Kier alpha value is -0.610. The molecule has 0 atom stereocenters. The Morgan fingerprint density at radius 2 is 2.00 bits per heavy atom. The van der Waals surface area contributed by atoms with Crippen LogP contribution in [0.4, 0.5) is 5.13 Å². The normalized spacial score (nSPS) is 17.4. The molecule has 0 aliphatic carbocycles. The molecule has 0 aromatic carbocycles. The van der Waals surface area contributed by atoms with Crippen LogP contribution in [0.3, 0.4) is 0 Å². The molecule has 1 fully saturated rings. The molecule has 1 aliphatic heterocycles. The zero-order valence-electron chi connectivity index (χ0n) is 12.7. The van der Waals surface area contributed by atoms with E-state index in [0.717, 1.165) is 18.4 Å². The number of aryl methyl sites for hydroxylation is 2. The van der Waals surface area contributed by atoms with E-state index < -0.39 is 0 Å². The van der Waals surface area contributed by atoms with Crippen LogP contribution in [0.25, 0.3) is 0 Å².